The zero-order valence-corrected chi connectivity index (χ0v) is 64.3. The molecule has 7 saturated heterocycles. The molecule has 696 valence electrons. The first-order chi connectivity index (χ1) is 55.0. The van der Waals surface area contributed by atoms with E-state index in [1.165, 1.54) is 18.9 Å². The number of aliphatic hydroxyl groups excluding tert-OH is 14. The fourth-order valence-corrected chi connectivity index (χ4v) is 16.1. The molecule has 0 aliphatic carbocycles. The van der Waals surface area contributed by atoms with Crippen LogP contribution in [0.25, 0.3) is 0 Å². The average molecular weight is 1910 g/mol. The summed E-state index contributed by atoms with van der Waals surface area (Å²) in [7, 11) is -40.2. The quantitative estimate of drug-likeness (QED) is 0.0259. The third kappa shape index (κ3) is 25.8. The van der Waals surface area contributed by atoms with Gasteiger partial charge in [-0.2, -0.15) is 77.8 Å². The second-order valence-electron chi connectivity index (χ2n) is 26.2. The molecule has 65 nitrogen and oxygen atoms in total. The Morgan fingerprint density at radius 1 is 0.317 bits per heavy atom. The second kappa shape index (κ2) is 39.3. The number of rotatable bonds is 36. The number of ether oxygens (including phenoxy) is 15. The summed E-state index contributed by atoms with van der Waals surface area (Å²) in [6.45, 7) is -6.60. The highest BCUT2D eigenvalue weighted by Crippen LogP contribution is 2.40. The largest absolute Gasteiger partial charge is 0.479 e. The van der Waals surface area contributed by atoms with Gasteiger partial charge in [0.05, 0.1) is 26.4 Å². The van der Waals surface area contributed by atoms with E-state index in [0.717, 1.165) is 0 Å². The monoisotopic (exact) mass is 1910 g/mol. The number of aliphatic hydroxyl groups is 14. The minimum absolute atomic E-state index is 0.482. The summed E-state index contributed by atoms with van der Waals surface area (Å²) in [5.41, 5.74) is 0. The van der Waals surface area contributed by atoms with Gasteiger partial charge in [-0.05, 0) is 6.08 Å². The fraction of sp³-hybridized carbons (Fsp3) is 0.875. The van der Waals surface area contributed by atoms with Gasteiger partial charge in [-0.15, -0.1) is 0 Å². The van der Waals surface area contributed by atoms with E-state index >= 15 is 0 Å². The molecule has 0 aromatic heterocycles. The summed E-state index contributed by atoms with van der Waals surface area (Å²) in [6, 6.07) is -10.9. The molecule has 0 amide bonds. The highest BCUT2D eigenvalue weighted by molar-refractivity contribution is 7.84. The Balaban J connectivity index is 1.04. The van der Waals surface area contributed by atoms with Crippen molar-refractivity contribution in [1.82, 2.24) is 18.9 Å². The van der Waals surface area contributed by atoms with Crippen molar-refractivity contribution in [2.75, 3.05) is 26.4 Å². The lowest BCUT2D eigenvalue weighted by molar-refractivity contribution is -0.380. The number of carboxylic acid groups (broad SMARTS) is 4. The number of nitrogens with one attached hydrogen (secondary N) is 4. The van der Waals surface area contributed by atoms with Gasteiger partial charge in [-0.25, -0.2) is 31.7 Å². The van der Waals surface area contributed by atoms with Crippen molar-refractivity contribution in [2.45, 2.75) is 233 Å². The Morgan fingerprint density at radius 2 is 0.575 bits per heavy atom. The Hall–Kier alpha value is -4.61. The van der Waals surface area contributed by atoms with E-state index in [2.05, 4.69) is 12.5 Å². The van der Waals surface area contributed by atoms with Crippen molar-refractivity contribution in [2.24, 2.45) is 0 Å². The molecule has 72 heteroatoms. The number of hydrogen-bond acceptors (Lipinski definition) is 50. The van der Waals surface area contributed by atoms with Gasteiger partial charge >= 0.3 is 96.3 Å². The molecular weight excluding hydrogens is 1830 g/mol. The highest BCUT2D eigenvalue weighted by atomic mass is 32.3. The normalized spacial score (nSPS) is 42.3. The molecule has 38 atom stereocenters. The smallest absolute Gasteiger partial charge is 0.397 e. The van der Waals surface area contributed by atoms with E-state index < -0.39 is 362 Å². The predicted octanol–water partition coefficient (Wildman–Crippen LogP) is -19.8. The minimum Gasteiger partial charge on any atom is -0.479 e. The molecule has 0 spiro atoms. The topological polar surface area (TPSA) is 1030 Å². The van der Waals surface area contributed by atoms with Gasteiger partial charge in [0.1, 0.15) is 165 Å². The Morgan fingerprint density at radius 3 is 0.850 bits per heavy atom. The zero-order chi connectivity index (χ0) is 90.4. The number of carbonyl (C=O) groups is 4. The van der Waals surface area contributed by atoms with Crippen LogP contribution in [0, 0.1) is 0 Å². The van der Waals surface area contributed by atoms with Crippen LogP contribution >= 0.6 is 0 Å². The van der Waals surface area contributed by atoms with Crippen molar-refractivity contribution in [3.63, 3.8) is 0 Å². The molecule has 8 aliphatic rings. The molecule has 8 rings (SSSR count). The van der Waals surface area contributed by atoms with Crippen molar-refractivity contribution in [1.29, 1.82) is 0 Å². The molecule has 0 aromatic rings. The maximum Gasteiger partial charge on any atom is 0.397 e. The first kappa shape index (κ1) is 101. The number of aliphatic carboxylic acids is 4. The molecule has 0 bridgehead atoms. The first-order valence-corrected chi connectivity index (χ1v) is 42.6. The third-order valence-electron chi connectivity index (χ3n) is 18.0. The molecular formula is C48H76N4O61S7. The van der Waals surface area contributed by atoms with Crippen LogP contribution in [-0.4, -0.2) is 466 Å². The maximum absolute atomic E-state index is 13.2. The van der Waals surface area contributed by atoms with Gasteiger partial charge < -0.3 is 163 Å². The Kier molecular flexibility index (Phi) is 33.0. The second-order valence-corrected chi connectivity index (χ2v) is 34.2. The van der Waals surface area contributed by atoms with Crippen LogP contribution in [0.5, 0.6) is 0 Å². The van der Waals surface area contributed by atoms with E-state index in [1.54, 1.807) is 0 Å². The molecule has 15 unspecified atom stereocenters. The molecule has 8 aliphatic heterocycles. The summed E-state index contributed by atoms with van der Waals surface area (Å²) in [5, 5.41) is 198. The van der Waals surface area contributed by atoms with Gasteiger partial charge in [0.25, 0.3) is 0 Å². The average Bonchev–Trinajstić information content (AvgIpc) is 0.763. The first-order valence-electron chi connectivity index (χ1n) is 32.7. The van der Waals surface area contributed by atoms with Crippen LogP contribution < -0.4 is 18.9 Å². The predicted molar refractivity (Wildman–Crippen MR) is 346 cm³/mol. The van der Waals surface area contributed by atoms with Crippen molar-refractivity contribution >= 4 is 96.3 Å². The summed E-state index contributed by atoms with van der Waals surface area (Å²) in [5.74, 6) is -10.1. The van der Waals surface area contributed by atoms with Crippen LogP contribution in [0.4, 0.5) is 0 Å². The molecule has 0 aromatic carbocycles. The van der Waals surface area contributed by atoms with Gasteiger partial charge in [-0.1, -0.05) is 0 Å². The van der Waals surface area contributed by atoms with Crippen molar-refractivity contribution in [3.8, 4) is 0 Å². The van der Waals surface area contributed by atoms with Crippen LogP contribution in [0.2, 0.25) is 0 Å². The van der Waals surface area contributed by atoms with Gasteiger partial charge in [0.15, 0.2) is 62.3 Å². The van der Waals surface area contributed by atoms with E-state index in [4.69, 9.17) is 75.6 Å². The van der Waals surface area contributed by atoms with Crippen LogP contribution in [0.1, 0.15) is 0 Å². The van der Waals surface area contributed by atoms with E-state index in [0.29, 0.717) is 6.08 Å². The third-order valence-corrected chi connectivity index (χ3v) is 21.6. The maximum atomic E-state index is 13.2. The lowest BCUT2D eigenvalue weighted by Crippen LogP contribution is -2.71. The van der Waals surface area contributed by atoms with E-state index in [9.17, 15) is 197 Å². The standard InChI is InChI=1S/C48H76N4O61S7/c53-2-8-27(104-45-16(55)6(54)1-7(100-45)37(66)67)18(57)13(50-115(78,79)80)42(101-8)108-31-21(60)25(64)47(112-34(31)38(68)69)106-29-10(4-97-119(90,91)92)103-44(15(19(29)58)52-117(84,85)86)110-33-23(62)26(65)48(113-36(33)40(72)73)107-30-11(5-98-120(93,94)95)102-43(14(20(30)59)51-116(81,82)83)109-32-22(61)24(63)46(111-35(32)39(70)71)105-28-9(3-96-118(87,88)89)99-41(74)12(17(28)56)49-114(75,76)77/h1,6,8-36,41-65,74H,2-5H2,(H,66,67)(H,68,69)(H,70,71)(H,72,73)(H,75,76,77)(H,78,79,80)(H,81,82,83)(H,84,85,86)(H,87,88,89)(H,90,91,92)(H,93,94,95)/t6-,8+,9+,10+,11+,12+,13+,14+,15+,16+,17+,18+,19+,20+,21?,22?,23?,24?,25?,26?,27+,28+,29+,30+,31?,32?,33?,34?,35?,36?,41-,42+,43+,44+,45-,46?,47?,48?/m0/s1. The summed E-state index contributed by atoms with van der Waals surface area (Å²) >= 11 is 0. The molecule has 0 saturated carbocycles. The lowest BCUT2D eigenvalue weighted by Gasteiger charge is -2.50. The molecule has 29 N–H and O–H groups in total. The van der Waals surface area contributed by atoms with Crippen molar-refractivity contribution < 1.29 is 285 Å². The van der Waals surface area contributed by atoms with Gasteiger partial charge in [0, 0.05) is 0 Å². The van der Waals surface area contributed by atoms with E-state index in [-0.39, 0.29) is 0 Å². The van der Waals surface area contributed by atoms with Gasteiger partial charge in [0.2, 0.25) is 12.0 Å². The molecule has 120 heavy (non-hydrogen) atoms. The molecule has 7 fully saturated rings. The number of hydrogen-bond donors (Lipinski definition) is 29. The Labute approximate surface area is 669 Å². The Bertz CT molecular complexity index is 4460. The number of carboxylic acids is 4. The molecule has 0 radical (unpaired) electrons. The van der Waals surface area contributed by atoms with Crippen LogP contribution in [-0.2, 0) is 175 Å². The summed E-state index contributed by atoms with van der Waals surface area (Å²) in [4.78, 5) is 50.7. The van der Waals surface area contributed by atoms with Crippen LogP contribution in [0.3, 0.4) is 0 Å². The van der Waals surface area contributed by atoms with Crippen LogP contribution in [0.15, 0.2) is 11.8 Å². The molecule has 8 heterocycles. The summed E-state index contributed by atoms with van der Waals surface area (Å²) < 4.78 is 335. The van der Waals surface area contributed by atoms with E-state index in [1.807, 2.05) is 0 Å². The fourth-order valence-electron chi connectivity index (χ4n) is 12.8. The van der Waals surface area contributed by atoms with Crippen molar-refractivity contribution in [3.05, 3.63) is 11.8 Å². The SMILES string of the molecule is O=C(O)C1=C[C@H](O)[C@@H](O)[C@H](O[C@H]2[C@H](O)[C@@H](NS(=O)(=O)O)[C@@H](OC3C(C(=O)O)OC(O[C@H]4[C@H](O)[C@@H](NS(=O)(=O)O)[C@@H](OC5C(C(=O)O)OC(O[C@H]6[C@H](O)[C@@H](NS(=O)(=O)O)[C@@H](OC7C(C(=O)O)OC(O[C@H]8[C@H](O)[C@@H](NS(=O)(=O)O)[C@@H](O)O[C@@H]8COS(=O)(=O)O)C(O)C7O)O[C@@H]6COS(=O)(=O)O)C(O)C5O)O[C@@H]4COS(=O)(=O)O)C(O)C3O)O[C@@H]2CO)O1. The lowest BCUT2D eigenvalue weighted by atomic mass is 9.94. The highest BCUT2D eigenvalue weighted by Gasteiger charge is 2.63. The summed E-state index contributed by atoms with van der Waals surface area (Å²) in [6.07, 6.45) is -93.5. The zero-order valence-electron chi connectivity index (χ0n) is 58.6. The van der Waals surface area contributed by atoms with Gasteiger partial charge in [-0.3, -0.25) is 31.9 Å². The minimum atomic E-state index is -5.96.